The minimum absolute atomic E-state index is 0. The van der Waals surface area contributed by atoms with Gasteiger partial charge in [0.15, 0.2) is 0 Å². The topological polar surface area (TPSA) is 39.3 Å². The van der Waals surface area contributed by atoms with Crippen molar-refractivity contribution in [2.75, 3.05) is 9.80 Å². The van der Waals surface area contributed by atoms with Crippen LogP contribution in [0, 0.1) is 0 Å². The largest absolute Gasteiger partial charge is 0.456 e. The third-order valence-electron chi connectivity index (χ3n) is 17.5. The molecule has 0 radical (unpaired) electrons. The fourth-order valence-corrected chi connectivity index (χ4v) is 13.9. The second kappa shape index (κ2) is 16.1. The van der Waals surface area contributed by atoms with Crippen LogP contribution in [0.2, 0.25) is 0 Å². The Labute approximate surface area is 455 Å². The van der Waals surface area contributed by atoms with Crippen molar-refractivity contribution in [2.45, 2.75) is 0 Å². The molecule has 5 aromatic heterocycles. The number of para-hydroxylation sites is 4. The Kier molecular flexibility index (Phi) is 8.98. The Morgan fingerprint density at radius 2 is 0.494 bits per heavy atom. The fraction of sp³-hybridized carbons (Fsp3) is 0.0556. The molecule has 17 rings (SSSR count). The summed E-state index contributed by atoms with van der Waals surface area (Å²) in [4.78, 5) is 4.91. The average molecular weight is 1020 g/mol. The summed E-state index contributed by atoms with van der Waals surface area (Å²) in [5.74, 6) is 0. The van der Waals surface area contributed by atoms with Gasteiger partial charge in [0, 0.05) is 173 Å². The SMILES string of the molecule is Cn1c2ccccc2c2cc(N(c3ccc4c(c3)c3ccccc3n4C)c3cc4oc5cc(N(c6ccc7c(c6)c6ccccc6n7C)c6ccc7c(c6)c6ccccc6n7C)c6ccccc6c5c4c4ccccc34)ccc21.[HH]. The van der Waals surface area contributed by atoms with Crippen molar-refractivity contribution in [3.05, 3.63) is 231 Å². The summed E-state index contributed by atoms with van der Waals surface area (Å²) < 4.78 is 16.7. The average Bonchev–Trinajstić information content (AvgIpc) is 4.44. The third kappa shape index (κ3) is 6.07. The van der Waals surface area contributed by atoms with Crippen LogP contribution in [-0.4, -0.2) is 18.3 Å². The predicted octanol–water partition coefficient (Wildman–Crippen LogP) is 19.7. The van der Waals surface area contributed by atoms with Gasteiger partial charge in [-0.2, -0.15) is 0 Å². The maximum atomic E-state index is 7.45. The van der Waals surface area contributed by atoms with Crippen molar-refractivity contribution >= 4 is 165 Å². The molecule has 0 atom stereocenters. The van der Waals surface area contributed by atoms with E-state index in [2.05, 4.69) is 287 Å². The molecule has 12 aromatic carbocycles. The molecule has 7 nitrogen and oxygen atoms in total. The lowest BCUT2D eigenvalue weighted by atomic mass is 9.96. The number of nitrogens with zero attached hydrogens (tertiary/aromatic N) is 6. The standard InChI is InChI=1S/C72H50N6O.H2/c1-73-59-25-13-9-19-49(59)55-37-43(29-33-63(55)73)77(44-30-34-64-56(38-44)50-20-10-14-26-60(50)74(64)2)67-41-69-71(53-23-7-5-17-47(53)67)72-54-24-8-6-18-48(54)68(42-70(72)79-69)78(45-31-35-65-57(39-45)51-21-11-15-27-61(51)75(65)3)46-32-36-66-58(40-46)52-22-12-16-28-62(52)76(66)4;/h5-42H,1-4H3;1H. The number of fused-ring (bicyclic) bond motifs is 19. The zero-order valence-corrected chi connectivity index (χ0v) is 44.0. The Balaban J connectivity index is 0.00000531. The number of anilines is 6. The Bertz CT molecular complexity index is 4900. The number of hydrogen-bond acceptors (Lipinski definition) is 3. The molecule has 7 heteroatoms. The Morgan fingerprint density at radius 1 is 0.253 bits per heavy atom. The smallest absolute Gasteiger partial charge is 0.138 e. The number of benzene rings is 12. The lowest BCUT2D eigenvalue weighted by Gasteiger charge is -2.27. The number of furan rings is 1. The van der Waals surface area contributed by atoms with Crippen molar-refractivity contribution < 1.29 is 5.84 Å². The first-order valence-corrected chi connectivity index (χ1v) is 27.1. The van der Waals surface area contributed by atoms with Gasteiger partial charge in [-0.05, 0) is 108 Å². The fourth-order valence-electron chi connectivity index (χ4n) is 13.9. The molecule has 0 N–H and O–H groups in total. The van der Waals surface area contributed by atoms with Gasteiger partial charge in [0.2, 0.25) is 0 Å². The zero-order chi connectivity index (χ0) is 52.4. The predicted molar refractivity (Wildman–Crippen MR) is 336 cm³/mol. The molecule has 79 heavy (non-hydrogen) atoms. The van der Waals surface area contributed by atoms with Crippen LogP contribution in [0.4, 0.5) is 34.1 Å². The second-order valence-electron chi connectivity index (χ2n) is 21.5. The highest BCUT2D eigenvalue weighted by Crippen LogP contribution is 2.51. The highest BCUT2D eigenvalue weighted by atomic mass is 16.3. The van der Waals surface area contributed by atoms with Crippen molar-refractivity contribution in [2.24, 2.45) is 28.2 Å². The van der Waals surface area contributed by atoms with Gasteiger partial charge in [0.25, 0.3) is 0 Å². The molecular formula is C72H52N6O. The molecule has 0 aliphatic heterocycles. The van der Waals surface area contributed by atoms with Crippen LogP contribution in [0.25, 0.3) is 131 Å². The lowest BCUT2D eigenvalue weighted by Crippen LogP contribution is -2.11. The molecule has 0 saturated carbocycles. The number of rotatable bonds is 6. The quantitative estimate of drug-likeness (QED) is 0.167. The molecule has 0 aliphatic rings. The van der Waals surface area contributed by atoms with Crippen LogP contribution >= 0.6 is 0 Å². The van der Waals surface area contributed by atoms with Gasteiger partial charge >= 0.3 is 0 Å². The highest BCUT2D eigenvalue weighted by molar-refractivity contribution is 6.30. The van der Waals surface area contributed by atoms with Gasteiger partial charge < -0.3 is 32.5 Å². The molecule has 0 spiro atoms. The van der Waals surface area contributed by atoms with E-state index in [9.17, 15) is 0 Å². The minimum atomic E-state index is 0. The van der Waals surface area contributed by atoms with Crippen LogP contribution < -0.4 is 9.80 Å². The van der Waals surface area contributed by atoms with Gasteiger partial charge in [-0.1, -0.05) is 121 Å². The molecule has 0 fully saturated rings. The molecular weight excluding hydrogens is 965 g/mol. The summed E-state index contributed by atoms with van der Waals surface area (Å²) in [6, 6.07) is 85.1. The summed E-state index contributed by atoms with van der Waals surface area (Å²) in [5.41, 5.74) is 17.6. The van der Waals surface area contributed by atoms with Gasteiger partial charge in [-0.15, -0.1) is 0 Å². The molecule has 0 saturated heterocycles. The Hall–Kier alpha value is -10.2. The van der Waals surface area contributed by atoms with E-state index in [0.717, 1.165) is 77.6 Å². The van der Waals surface area contributed by atoms with E-state index in [1.54, 1.807) is 0 Å². The van der Waals surface area contributed by atoms with E-state index in [0.29, 0.717) is 0 Å². The van der Waals surface area contributed by atoms with Crippen LogP contribution in [-0.2, 0) is 28.2 Å². The first kappa shape index (κ1) is 43.9. The molecule has 0 unspecified atom stereocenters. The lowest BCUT2D eigenvalue weighted by molar-refractivity contribution is 0.669. The van der Waals surface area contributed by atoms with Crippen molar-refractivity contribution in [3.8, 4) is 0 Å². The van der Waals surface area contributed by atoms with Gasteiger partial charge in [0.1, 0.15) is 11.2 Å². The summed E-state index contributed by atoms with van der Waals surface area (Å²) in [6.45, 7) is 0. The maximum absolute atomic E-state index is 7.45. The van der Waals surface area contributed by atoms with E-state index >= 15 is 0 Å². The van der Waals surface area contributed by atoms with Crippen molar-refractivity contribution in [3.63, 3.8) is 0 Å². The van der Waals surface area contributed by atoms with E-state index in [-0.39, 0.29) is 1.43 Å². The first-order valence-electron chi connectivity index (χ1n) is 27.1. The van der Waals surface area contributed by atoms with Crippen LogP contribution in [0.3, 0.4) is 0 Å². The summed E-state index contributed by atoms with van der Waals surface area (Å²) in [7, 11) is 8.67. The van der Waals surface area contributed by atoms with E-state index in [1.165, 1.54) is 87.2 Å². The molecule has 17 aromatic rings. The summed E-state index contributed by atoms with van der Waals surface area (Å²) in [6.07, 6.45) is 0. The zero-order valence-electron chi connectivity index (χ0n) is 44.0. The van der Waals surface area contributed by atoms with Gasteiger partial charge in [-0.3, -0.25) is 0 Å². The molecule has 376 valence electrons. The number of hydrogen-bond donors (Lipinski definition) is 0. The van der Waals surface area contributed by atoms with Crippen LogP contribution in [0.15, 0.2) is 235 Å². The molecule has 0 amide bonds. The van der Waals surface area contributed by atoms with E-state index in [4.69, 9.17) is 4.42 Å². The van der Waals surface area contributed by atoms with Gasteiger partial charge in [0.05, 0.1) is 11.4 Å². The maximum Gasteiger partial charge on any atom is 0.138 e. The Morgan fingerprint density at radius 3 is 0.785 bits per heavy atom. The van der Waals surface area contributed by atoms with Crippen LogP contribution in [0.5, 0.6) is 0 Å². The minimum Gasteiger partial charge on any atom is -0.456 e. The van der Waals surface area contributed by atoms with Crippen LogP contribution in [0.1, 0.15) is 1.43 Å². The highest BCUT2D eigenvalue weighted by Gasteiger charge is 2.27. The normalized spacial score (nSPS) is 12.3. The summed E-state index contributed by atoms with van der Waals surface area (Å²) >= 11 is 0. The summed E-state index contributed by atoms with van der Waals surface area (Å²) in [5, 5.41) is 16.5. The monoisotopic (exact) mass is 1020 g/mol. The van der Waals surface area contributed by atoms with Crippen molar-refractivity contribution in [1.82, 2.24) is 18.3 Å². The molecule has 0 bridgehead atoms. The van der Waals surface area contributed by atoms with E-state index in [1.807, 2.05) is 0 Å². The van der Waals surface area contributed by atoms with Gasteiger partial charge in [-0.25, -0.2) is 0 Å². The second-order valence-corrected chi connectivity index (χ2v) is 21.5. The number of aryl methyl sites for hydroxylation is 4. The van der Waals surface area contributed by atoms with E-state index < -0.39 is 0 Å². The van der Waals surface area contributed by atoms with Crippen molar-refractivity contribution in [1.29, 1.82) is 0 Å². The first-order chi connectivity index (χ1) is 38.9. The molecule has 5 heterocycles. The third-order valence-corrected chi connectivity index (χ3v) is 17.5. The number of aromatic nitrogens is 4. The molecule has 0 aliphatic carbocycles.